The molecule has 0 saturated heterocycles. The molecule has 1 aromatic carbocycles. The van der Waals surface area contributed by atoms with E-state index in [2.05, 4.69) is 32.7 Å². The van der Waals surface area contributed by atoms with Gasteiger partial charge in [0.25, 0.3) is 0 Å². The summed E-state index contributed by atoms with van der Waals surface area (Å²) in [6.07, 6.45) is 5.03. The number of carbonyl (C=O) groups excluding carboxylic acids is 1. The minimum absolute atomic E-state index is 0.0756. The fraction of sp³-hybridized carbons (Fsp3) is 0.304. The normalized spacial score (nSPS) is 12.5. The molecule has 0 atom stereocenters. The van der Waals surface area contributed by atoms with E-state index in [1.54, 1.807) is 17.1 Å². The first-order valence-electron chi connectivity index (χ1n) is 10.4. The van der Waals surface area contributed by atoms with Crippen molar-refractivity contribution in [2.75, 3.05) is 23.4 Å². The van der Waals surface area contributed by atoms with Gasteiger partial charge in [0.05, 0.1) is 11.9 Å². The van der Waals surface area contributed by atoms with Gasteiger partial charge in [-0.15, -0.1) is 0 Å². The van der Waals surface area contributed by atoms with E-state index < -0.39 is 0 Å². The van der Waals surface area contributed by atoms with Crippen molar-refractivity contribution in [3.8, 4) is 0 Å². The summed E-state index contributed by atoms with van der Waals surface area (Å²) in [5, 5.41) is 7.87. The van der Waals surface area contributed by atoms with Crippen molar-refractivity contribution in [1.29, 1.82) is 0 Å². The predicted molar refractivity (Wildman–Crippen MR) is 120 cm³/mol. The van der Waals surface area contributed by atoms with Crippen molar-refractivity contribution in [3.05, 3.63) is 81.5 Å². The molecular weight excluding hydrogens is 392 g/mol. The second-order valence-electron chi connectivity index (χ2n) is 7.64. The lowest BCUT2D eigenvalue weighted by atomic mass is 10.1. The van der Waals surface area contributed by atoms with E-state index in [1.807, 2.05) is 36.2 Å². The van der Waals surface area contributed by atoms with Crippen LogP contribution < -0.4 is 21.2 Å². The number of aryl methyl sites for hydroxylation is 1. The molecule has 8 heteroatoms. The number of fused-ring (bicyclic) bond motifs is 1. The molecule has 0 unspecified atom stereocenters. The zero-order valence-electron chi connectivity index (χ0n) is 17.8. The summed E-state index contributed by atoms with van der Waals surface area (Å²) in [5.41, 5.74) is 3.76. The zero-order valence-corrected chi connectivity index (χ0v) is 17.8. The molecule has 1 aliphatic heterocycles. The highest BCUT2D eigenvalue weighted by atomic mass is 16.1. The van der Waals surface area contributed by atoms with Crippen LogP contribution in [0.4, 0.5) is 11.6 Å². The molecule has 0 spiro atoms. The molecule has 0 bridgehead atoms. The van der Waals surface area contributed by atoms with E-state index in [0.717, 1.165) is 35.5 Å². The Kier molecular flexibility index (Phi) is 5.97. The molecule has 4 rings (SSSR count). The van der Waals surface area contributed by atoms with E-state index >= 15 is 0 Å². The lowest BCUT2D eigenvalue weighted by molar-refractivity contribution is -0.119. The second kappa shape index (κ2) is 8.99. The van der Waals surface area contributed by atoms with Gasteiger partial charge in [-0.3, -0.25) is 14.6 Å². The number of hydrogen-bond acceptors (Lipinski definition) is 6. The van der Waals surface area contributed by atoms with Crippen LogP contribution in [0.2, 0.25) is 0 Å². The lowest BCUT2D eigenvalue weighted by Crippen LogP contribution is -2.40. The third-order valence-electron chi connectivity index (χ3n) is 5.28. The predicted octanol–water partition coefficient (Wildman–Crippen LogP) is 2.06. The molecule has 8 nitrogen and oxygen atoms in total. The maximum absolute atomic E-state index is 13.2. The van der Waals surface area contributed by atoms with Crippen LogP contribution in [0.15, 0.2) is 53.6 Å². The van der Waals surface area contributed by atoms with Crippen LogP contribution in [0.5, 0.6) is 0 Å². The van der Waals surface area contributed by atoms with Crippen molar-refractivity contribution in [3.63, 3.8) is 0 Å². The summed E-state index contributed by atoms with van der Waals surface area (Å²) in [7, 11) is 0. The van der Waals surface area contributed by atoms with Crippen LogP contribution in [0.25, 0.3) is 0 Å². The van der Waals surface area contributed by atoms with Gasteiger partial charge in [-0.1, -0.05) is 30.3 Å². The number of nitrogens with zero attached hydrogens (tertiary/aromatic N) is 4. The Labute approximate surface area is 180 Å². The molecule has 1 amide bonds. The van der Waals surface area contributed by atoms with E-state index in [4.69, 9.17) is 0 Å². The van der Waals surface area contributed by atoms with E-state index in [0.29, 0.717) is 25.5 Å². The Bertz CT molecular complexity index is 1140. The quantitative estimate of drug-likeness (QED) is 0.610. The number of rotatable bonds is 7. The highest BCUT2D eigenvalue weighted by molar-refractivity contribution is 5.72. The van der Waals surface area contributed by atoms with Gasteiger partial charge >= 0.3 is 5.56 Å². The SMILES string of the molecule is CC(=O)NCc1cnc2c(c1)CCN2n1c(C)cnc(NCCc2ccccc2)c1=O. The standard InChI is InChI=1S/C23H26N6O2/c1-16-13-26-21(24-10-8-18-6-4-3-5-7-18)23(31)29(16)28-11-9-20-12-19(14-25-17(2)30)15-27-22(20)28/h3-7,12-13,15H,8-11,14H2,1-2H3,(H,24,26)(H,25,30). The van der Waals surface area contributed by atoms with Gasteiger partial charge in [-0.05, 0) is 42.5 Å². The summed E-state index contributed by atoms with van der Waals surface area (Å²) >= 11 is 0. The van der Waals surface area contributed by atoms with Gasteiger partial charge in [0, 0.05) is 32.8 Å². The fourth-order valence-electron chi connectivity index (χ4n) is 3.74. The Morgan fingerprint density at radius 2 is 1.94 bits per heavy atom. The summed E-state index contributed by atoms with van der Waals surface area (Å²) in [6, 6.07) is 12.2. The van der Waals surface area contributed by atoms with E-state index in [-0.39, 0.29) is 11.5 Å². The highest BCUT2D eigenvalue weighted by Crippen LogP contribution is 2.26. The Morgan fingerprint density at radius 1 is 1.13 bits per heavy atom. The number of amides is 1. The molecule has 0 radical (unpaired) electrons. The number of benzene rings is 1. The van der Waals surface area contributed by atoms with Crippen LogP contribution in [-0.4, -0.2) is 33.6 Å². The average Bonchev–Trinajstić information content (AvgIpc) is 3.18. The van der Waals surface area contributed by atoms with Gasteiger partial charge < -0.3 is 10.6 Å². The van der Waals surface area contributed by atoms with Gasteiger partial charge in [0.2, 0.25) is 5.91 Å². The highest BCUT2D eigenvalue weighted by Gasteiger charge is 2.25. The number of carbonyl (C=O) groups is 1. The van der Waals surface area contributed by atoms with Crippen LogP contribution in [0.3, 0.4) is 0 Å². The monoisotopic (exact) mass is 418 g/mol. The van der Waals surface area contributed by atoms with E-state index in [1.165, 1.54) is 12.5 Å². The average molecular weight is 419 g/mol. The van der Waals surface area contributed by atoms with Crippen LogP contribution in [-0.2, 0) is 24.2 Å². The molecule has 0 saturated carbocycles. The van der Waals surface area contributed by atoms with E-state index in [9.17, 15) is 9.59 Å². The molecule has 160 valence electrons. The second-order valence-corrected chi connectivity index (χ2v) is 7.64. The first kappa shape index (κ1) is 20.6. The van der Waals surface area contributed by atoms with Crippen LogP contribution in [0, 0.1) is 6.92 Å². The molecule has 2 aromatic heterocycles. The van der Waals surface area contributed by atoms with Crippen molar-refractivity contribution < 1.29 is 4.79 Å². The third kappa shape index (κ3) is 4.58. The van der Waals surface area contributed by atoms with Crippen LogP contribution in [0.1, 0.15) is 29.3 Å². The molecule has 0 aliphatic carbocycles. The largest absolute Gasteiger partial charge is 0.365 e. The Morgan fingerprint density at radius 3 is 2.71 bits per heavy atom. The lowest BCUT2D eigenvalue weighted by Gasteiger charge is -2.23. The van der Waals surface area contributed by atoms with Crippen molar-refractivity contribution >= 4 is 17.5 Å². The molecule has 1 aliphatic rings. The van der Waals surface area contributed by atoms with Gasteiger partial charge in [-0.25, -0.2) is 14.6 Å². The van der Waals surface area contributed by atoms with Gasteiger partial charge in [0.1, 0.15) is 0 Å². The molecule has 2 N–H and O–H groups in total. The molecule has 0 fully saturated rings. The minimum atomic E-state index is -0.190. The number of anilines is 2. The summed E-state index contributed by atoms with van der Waals surface area (Å²) in [6.45, 7) is 5.08. The minimum Gasteiger partial charge on any atom is -0.365 e. The Hall–Kier alpha value is -3.68. The van der Waals surface area contributed by atoms with Crippen molar-refractivity contribution in [2.24, 2.45) is 0 Å². The topological polar surface area (TPSA) is 92.2 Å². The molecule has 31 heavy (non-hydrogen) atoms. The fourth-order valence-corrected chi connectivity index (χ4v) is 3.74. The van der Waals surface area contributed by atoms with Gasteiger partial charge in [-0.2, -0.15) is 0 Å². The molecule has 3 aromatic rings. The first-order valence-corrected chi connectivity index (χ1v) is 10.4. The summed E-state index contributed by atoms with van der Waals surface area (Å²) < 4.78 is 1.64. The van der Waals surface area contributed by atoms with Gasteiger partial charge in [0.15, 0.2) is 11.6 Å². The molecular formula is C23H26N6O2. The van der Waals surface area contributed by atoms with Crippen LogP contribution >= 0.6 is 0 Å². The summed E-state index contributed by atoms with van der Waals surface area (Å²) in [5.74, 6) is 1.02. The van der Waals surface area contributed by atoms with Crippen molar-refractivity contribution in [2.45, 2.75) is 33.2 Å². The number of hydrogen-bond donors (Lipinski definition) is 2. The van der Waals surface area contributed by atoms with Crippen molar-refractivity contribution in [1.82, 2.24) is 20.0 Å². The number of nitrogens with one attached hydrogen (secondary N) is 2. The number of aromatic nitrogens is 3. The first-order chi connectivity index (χ1) is 15.0. The zero-order chi connectivity index (χ0) is 21.8. The Balaban J connectivity index is 1.53. The third-order valence-corrected chi connectivity index (χ3v) is 5.28. The maximum Gasteiger partial charge on any atom is 0.312 e. The smallest absolute Gasteiger partial charge is 0.312 e. The number of pyridine rings is 1. The maximum atomic E-state index is 13.2. The summed E-state index contributed by atoms with van der Waals surface area (Å²) in [4.78, 5) is 33.3. The molecule has 3 heterocycles.